The predicted molar refractivity (Wildman–Crippen MR) is 83.3 cm³/mol. The number of thiophene rings is 1. The van der Waals surface area contributed by atoms with Crippen LogP contribution in [-0.2, 0) is 17.8 Å². The fourth-order valence-corrected chi connectivity index (χ4v) is 2.81. The Kier molecular flexibility index (Phi) is 5.15. The molecule has 0 bridgehead atoms. The molecule has 4 nitrogen and oxygen atoms in total. The molecule has 0 unspecified atom stereocenters. The maximum Gasteiger partial charge on any atom is 0.231 e. The van der Waals surface area contributed by atoms with E-state index in [1.54, 1.807) is 11.3 Å². The predicted octanol–water partition coefficient (Wildman–Crippen LogP) is 1.86. The number of benzene rings is 1. The maximum absolute atomic E-state index is 11.2. The minimum absolute atomic E-state index is 0.263. The number of nitrogens with two attached hydrogens (primary N) is 2. The van der Waals surface area contributed by atoms with Crippen LogP contribution >= 0.6 is 11.3 Å². The molecule has 2 aromatic rings. The molecule has 0 atom stereocenters. The Morgan fingerprint density at radius 2 is 2.10 bits per heavy atom. The zero-order valence-electron chi connectivity index (χ0n) is 11.3. The number of primary amides is 1. The minimum Gasteiger partial charge on any atom is -0.399 e. The van der Waals surface area contributed by atoms with E-state index in [2.05, 4.69) is 21.7 Å². The number of anilines is 1. The summed E-state index contributed by atoms with van der Waals surface area (Å²) in [7, 11) is 0. The number of rotatable bonds is 7. The van der Waals surface area contributed by atoms with E-state index in [-0.39, 0.29) is 12.5 Å². The number of hydrogen-bond donors (Lipinski definition) is 2. The van der Waals surface area contributed by atoms with E-state index < -0.39 is 0 Å². The Balaban J connectivity index is 1.97. The van der Waals surface area contributed by atoms with Crippen LogP contribution in [0, 0.1) is 0 Å². The van der Waals surface area contributed by atoms with Gasteiger partial charge in [0.05, 0.1) is 6.54 Å². The molecule has 4 N–H and O–H groups in total. The summed E-state index contributed by atoms with van der Waals surface area (Å²) in [6.45, 7) is 1.74. The van der Waals surface area contributed by atoms with Crippen LogP contribution in [-0.4, -0.2) is 23.9 Å². The zero-order valence-corrected chi connectivity index (χ0v) is 12.1. The molecule has 1 heterocycles. The van der Waals surface area contributed by atoms with Crippen molar-refractivity contribution in [2.45, 2.75) is 13.0 Å². The van der Waals surface area contributed by atoms with Crippen molar-refractivity contribution < 1.29 is 4.79 Å². The van der Waals surface area contributed by atoms with Gasteiger partial charge in [-0.05, 0) is 46.5 Å². The molecule has 2 rings (SSSR count). The molecule has 0 spiro atoms. The van der Waals surface area contributed by atoms with E-state index in [4.69, 9.17) is 11.5 Å². The third kappa shape index (κ3) is 4.68. The molecule has 5 heteroatoms. The lowest BCUT2D eigenvalue weighted by atomic mass is 10.1. The van der Waals surface area contributed by atoms with Crippen LogP contribution < -0.4 is 11.5 Å². The Bertz CT molecular complexity index is 554. The third-order valence-corrected chi connectivity index (χ3v) is 3.77. The number of nitrogen functional groups attached to an aromatic ring is 1. The summed E-state index contributed by atoms with van der Waals surface area (Å²) in [4.78, 5) is 13.2. The Hall–Kier alpha value is -1.85. The van der Waals surface area contributed by atoms with Crippen molar-refractivity contribution >= 4 is 22.9 Å². The van der Waals surface area contributed by atoms with Crippen LogP contribution in [0.5, 0.6) is 0 Å². The topological polar surface area (TPSA) is 72.4 Å². The molecule has 0 aliphatic carbocycles. The average Bonchev–Trinajstić information content (AvgIpc) is 2.88. The van der Waals surface area contributed by atoms with E-state index in [1.165, 1.54) is 5.56 Å². The van der Waals surface area contributed by atoms with Gasteiger partial charge in [0, 0.05) is 18.8 Å². The second-order valence-corrected chi connectivity index (χ2v) is 5.58. The van der Waals surface area contributed by atoms with Gasteiger partial charge in [0.15, 0.2) is 0 Å². The van der Waals surface area contributed by atoms with Crippen molar-refractivity contribution in [2.24, 2.45) is 5.73 Å². The van der Waals surface area contributed by atoms with E-state index in [9.17, 15) is 4.79 Å². The van der Waals surface area contributed by atoms with Gasteiger partial charge < -0.3 is 11.5 Å². The maximum atomic E-state index is 11.2. The molecule has 20 heavy (non-hydrogen) atoms. The summed E-state index contributed by atoms with van der Waals surface area (Å²) in [5, 5.41) is 4.19. The first kappa shape index (κ1) is 14.6. The lowest BCUT2D eigenvalue weighted by molar-refractivity contribution is -0.119. The molecule has 0 saturated carbocycles. The molecule has 106 valence electrons. The highest BCUT2D eigenvalue weighted by Gasteiger charge is 2.09. The summed E-state index contributed by atoms with van der Waals surface area (Å²) >= 11 is 1.68. The molecular weight excluding hydrogens is 270 g/mol. The Morgan fingerprint density at radius 3 is 2.75 bits per heavy atom. The van der Waals surface area contributed by atoms with Crippen LogP contribution in [0.4, 0.5) is 5.69 Å². The van der Waals surface area contributed by atoms with E-state index in [0.29, 0.717) is 6.54 Å². The van der Waals surface area contributed by atoms with Crippen LogP contribution in [0.25, 0.3) is 0 Å². The van der Waals surface area contributed by atoms with Gasteiger partial charge in [-0.15, -0.1) is 0 Å². The van der Waals surface area contributed by atoms with Crippen molar-refractivity contribution in [3.63, 3.8) is 0 Å². The standard InChI is InChI=1S/C15H19N3OS/c16-14-3-1-2-13(8-14)9-18(10-15(17)19)6-4-12-5-7-20-11-12/h1-3,5,7-8,11H,4,6,9-10,16H2,(H2,17,19). The van der Waals surface area contributed by atoms with Gasteiger partial charge in [-0.2, -0.15) is 11.3 Å². The number of carbonyl (C=O) groups is 1. The van der Waals surface area contributed by atoms with Crippen LogP contribution in [0.2, 0.25) is 0 Å². The second kappa shape index (κ2) is 7.07. The van der Waals surface area contributed by atoms with E-state index >= 15 is 0 Å². The highest BCUT2D eigenvalue weighted by molar-refractivity contribution is 7.07. The van der Waals surface area contributed by atoms with Gasteiger partial charge in [0.25, 0.3) is 0 Å². The molecule has 0 radical (unpaired) electrons. The monoisotopic (exact) mass is 289 g/mol. The first-order valence-electron chi connectivity index (χ1n) is 6.49. The fraction of sp³-hybridized carbons (Fsp3) is 0.267. The van der Waals surface area contributed by atoms with E-state index in [1.807, 2.05) is 24.3 Å². The lowest BCUT2D eigenvalue weighted by Gasteiger charge is -2.20. The number of hydrogen-bond acceptors (Lipinski definition) is 4. The summed E-state index contributed by atoms with van der Waals surface area (Å²) in [6.07, 6.45) is 0.916. The van der Waals surface area contributed by atoms with Gasteiger partial charge in [-0.3, -0.25) is 9.69 Å². The third-order valence-electron chi connectivity index (χ3n) is 3.03. The van der Waals surface area contributed by atoms with Crippen molar-refractivity contribution in [3.05, 3.63) is 52.2 Å². The highest BCUT2D eigenvalue weighted by atomic mass is 32.1. The lowest BCUT2D eigenvalue weighted by Crippen LogP contribution is -2.34. The smallest absolute Gasteiger partial charge is 0.231 e. The molecule has 0 saturated heterocycles. The van der Waals surface area contributed by atoms with Crippen LogP contribution in [0.15, 0.2) is 41.1 Å². The zero-order chi connectivity index (χ0) is 14.4. The summed E-state index contributed by atoms with van der Waals surface area (Å²) < 4.78 is 0. The molecule has 0 aliphatic rings. The summed E-state index contributed by atoms with van der Waals surface area (Å²) in [5.41, 5.74) is 14.2. The van der Waals surface area contributed by atoms with Crippen molar-refractivity contribution in [1.29, 1.82) is 0 Å². The quantitative estimate of drug-likeness (QED) is 0.764. The molecule has 1 aromatic carbocycles. The van der Waals surface area contributed by atoms with E-state index in [0.717, 1.165) is 24.2 Å². The van der Waals surface area contributed by atoms with Crippen molar-refractivity contribution in [3.8, 4) is 0 Å². The van der Waals surface area contributed by atoms with Gasteiger partial charge in [0.1, 0.15) is 0 Å². The first-order chi connectivity index (χ1) is 9.63. The number of carbonyl (C=O) groups excluding carboxylic acids is 1. The van der Waals surface area contributed by atoms with Crippen LogP contribution in [0.3, 0.4) is 0 Å². The largest absolute Gasteiger partial charge is 0.399 e. The summed E-state index contributed by atoms with van der Waals surface area (Å²) in [5.74, 6) is -0.306. The number of nitrogens with zero attached hydrogens (tertiary/aromatic N) is 1. The Morgan fingerprint density at radius 1 is 1.25 bits per heavy atom. The Labute approximate surface area is 123 Å². The van der Waals surface area contributed by atoms with Crippen molar-refractivity contribution in [1.82, 2.24) is 4.90 Å². The average molecular weight is 289 g/mol. The van der Waals surface area contributed by atoms with Crippen molar-refractivity contribution in [2.75, 3.05) is 18.8 Å². The number of amides is 1. The molecular formula is C15H19N3OS. The summed E-state index contributed by atoms with van der Waals surface area (Å²) in [6, 6.07) is 9.82. The fourth-order valence-electron chi connectivity index (χ4n) is 2.11. The van der Waals surface area contributed by atoms with Crippen LogP contribution in [0.1, 0.15) is 11.1 Å². The molecule has 1 aromatic heterocycles. The minimum atomic E-state index is -0.306. The first-order valence-corrected chi connectivity index (χ1v) is 7.44. The normalized spacial score (nSPS) is 10.8. The van der Waals surface area contributed by atoms with Gasteiger partial charge >= 0.3 is 0 Å². The van der Waals surface area contributed by atoms with Gasteiger partial charge in [-0.1, -0.05) is 12.1 Å². The molecule has 1 amide bonds. The van der Waals surface area contributed by atoms with Gasteiger partial charge in [-0.25, -0.2) is 0 Å². The molecule has 0 fully saturated rings. The van der Waals surface area contributed by atoms with Gasteiger partial charge in [0.2, 0.25) is 5.91 Å². The molecule has 0 aliphatic heterocycles. The second-order valence-electron chi connectivity index (χ2n) is 4.80. The SMILES string of the molecule is NC(=O)CN(CCc1ccsc1)Cc1cccc(N)c1. The highest BCUT2D eigenvalue weighted by Crippen LogP contribution is 2.11.